The number of carbonyl (C=O) groups is 1. The van der Waals surface area contributed by atoms with Gasteiger partial charge in [-0.25, -0.2) is 14.6 Å². The number of benzene rings is 2. The molecule has 2 aromatic carbocycles. The summed E-state index contributed by atoms with van der Waals surface area (Å²) in [6, 6.07) is 17.7. The second-order valence-corrected chi connectivity index (χ2v) is 9.83. The first-order valence-electron chi connectivity index (χ1n) is 13.4. The molecule has 0 spiro atoms. The number of carbonyl (C=O) groups excluding carboxylic acids is 1. The van der Waals surface area contributed by atoms with Crippen molar-refractivity contribution in [2.45, 2.75) is 63.6 Å². The van der Waals surface area contributed by atoms with E-state index in [4.69, 9.17) is 15.6 Å². The Morgan fingerprint density at radius 3 is 2.45 bits per heavy atom. The Hall–Kier alpha value is -3.98. The molecular weight excluding hydrogens is 478 g/mol. The monoisotopic (exact) mass is 513 g/mol. The molecule has 0 saturated heterocycles. The number of amides is 1. The van der Waals surface area contributed by atoms with E-state index in [9.17, 15) is 4.79 Å². The SMILES string of the molecule is CCCC(NC)C(=O)NC1CCC(n2nc(-c3ccc(Oc4ccccc4)cc3)c3c(N)ncnc32)CC1. The minimum Gasteiger partial charge on any atom is -0.457 e. The molecule has 9 heteroatoms. The van der Waals surface area contributed by atoms with Gasteiger partial charge >= 0.3 is 0 Å². The van der Waals surface area contributed by atoms with Crippen molar-refractivity contribution >= 4 is 22.8 Å². The Kier molecular flexibility index (Phi) is 7.83. The molecule has 2 heterocycles. The highest BCUT2D eigenvalue weighted by molar-refractivity contribution is 5.98. The van der Waals surface area contributed by atoms with Crippen LogP contribution in [0, 0.1) is 0 Å². The number of ether oxygens (including phenoxy) is 1. The maximum atomic E-state index is 12.7. The Balaban J connectivity index is 1.34. The molecule has 1 aliphatic carbocycles. The van der Waals surface area contributed by atoms with E-state index in [2.05, 4.69) is 27.5 Å². The van der Waals surface area contributed by atoms with Crippen molar-refractivity contribution in [3.63, 3.8) is 0 Å². The standard InChI is InChI=1S/C29H35N7O2/c1-3-7-24(31-2)29(37)34-20-12-14-21(15-13-20)36-28-25(27(30)32-18-33-28)26(35-36)19-10-16-23(17-11-19)38-22-8-5-4-6-9-22/h4-6,8-11,16-18,20-21,24,31H,3,7,12-15H2,1-2H3,(H,34,37)(H2,30,32,33). The van der Waals surface area contributed by atoms with E-state index in [0.717, 1.165) is 72.3 Å². The number of aromatic nitrogens is 4. The first-order chi connectivity index (χ1) is 18.6. The quantitative estimate of drug-likeness (QED) is 0.292. The van der Waals surface area contributed by atoms with Gasteiger partial charge in [-0.1, -0.05) is 31.5 Å². The molecular formula is C29H35N7O2. The highest BCUT2D eigenvalue weighted by Crippen LogP contribution is 2.36. The Labute approximate surface area is 222 Å². The van der Waals surface area contributed by atoms with Crippen molar-refractivity contribution in [2.75, 3.05) is 12.8 Å². The summed E-state index contributed by atoms with van der Waals surface area (Å²) >= 11 is 0. The van der Waals surface area contributed by atoms with Crippen LogP contribution in [-0.2, 0) is 4.79 Å². The zero-order valence-corrected chi connectivity index (χ0v) is 21.9. The van der Waals surface area contributed by atoms with Gasteiger partial charge in [-0.05, 0) is 75.5 Å². The van der Waals surface area contributed by atoms with Crippen molar-refractivity contribution in [3.05, 3.63) is 60.9 Å². The van der Waals surface area contributed by atoms with E-state index in [1.165, 1.54) is 6.33 Å². The normalized spacial score (nSPS) is 18.3. The number of nitrogens with one attached hydrogen (secondary N) is 2. The van der Waals surface area contributed by atoms with Crippen LogP contribution in [0.2, 0.25) is 0 Å². The number of hydrogen-bond donors (Lipinski definition) is 3. The van der Waals surface area contributed by atoms with E-state index in [1.807, 2.05) is 66.3 Å². The van der Waals surface area contributed by atoms with E-state index in [-0.39, 0.29) is 24.0 Å². The molecule has 9 nitrogen and oxygen atoms in total. The highest BCUT2D eigenvalue weighted by Gasteiger charge is 2.28. The fourth-order valence-electron chi connectivity index (χ4n) is 5.22. The summed E-state index contributed by atoms with van der Waals surface area (Å²) in [7, 11) is 1.84. The van der Waals surface area contributed by atoms with Gasteiger partial charge in [0, 0.05) is 11.6 Å². The number of nitrogens with zero attached hydrogens (tertiary/aromatic N) is 4. The summed E-state index contributed by atoms with van der Waals surface area (Å²) in [5.41, 5.74) is 8.75. The zero-order valence-electron chi connectivity index (χ0n) is 21.9. The van der Waals surface area contributed by atoms with Crippen molar-refractivity contribution in [2.24, 2.45) is 0 Å². The molecule has 198 valence electrons. The van der Waals surface area contributed by atoms with E-state index in [0.29, 0.717) is 5.82 Å². The summed E-state index contributed by atoms with van der Waals surface area (Å²) in [6.45, 7) is 2.09. The second-order valence-electron chi connectivity index (χ2n) is 9.83. The van der Waals surface area contributed by atoms with Gasteiger partial charge in [0.15, 0.2) is 5.65 Å². The van der Waals surface area contributed by atoms with Gasteiger partial charge in [0.1, 0.15) is 29.3 Å². The van der Waals surface area contributed by atoms with Crippen LogP contribution >= 0.6 is 0 Å². The van der Waals surface area contributed by atoms with Crippen molar-refractivity contribution in [3.8, 4) is 22.8 Å². The smallest absolute Gasteiger partial charge is 0.237 e. The average molecular weight is 514 g/mol. The molecule has 5 rings (SSSR count). The summed E-state index contributed by atoms with van der Waals surface area (Å²) < 4.78 is 7.95. The molecule has 1 amide bonds. The fraction of sp³-hybridized carbons (Fsp3) is 0.379. The summed E-state index contributed by atoms with van der Waals surface area (Å²) in [4.78, 5) is 21.5. The lowest BCUT2D eigenvalue weighted by atomic mass is 9.91. The van der Waals surface area contributed by atoms with Gasteiger partial charge in [-0.2, -0.15) is 5.10 Å². The molecule has 0 aliphatic heterocycles. The summed E-state index contributed by atoms with van der Waals surface area (Å²) in [5.74, 6) is 2.03. The number of likely N-dealkylation sites (N-methyl/N-ethyl adjacent to an activating group) is 1. The number of nitrogen functional groups attached to an aromatic ring is 1. The minimum absolute atomic E-state index is 0.0878. The van der Waals surface area contributed by atoms with Gasteiger partial charge in [0.25, 0.3) is 0 Å². The number of hydrogen-bond acceptors (Lipinski definition) is 7. The molecule has 0 radical (unpaired) electrons. The van der Waals surface area contributed by atoms with E-state index in [1.54, 1.807) is 0 Å². The number of rotatable bonds is 9. The topological polar surface area (TPSA) is 120 Å². The third-order valence-electron chi connectivity index (χ3n) is 7.26. The first kappa shape index (κ1) is 25.7. The molecule has 1 fully saturated rings. The molecule has 1 saturated carbocycles. The first-order valence-corrected chi connectivity index (χ1v) is 13.4. The number of anilines is 1. The third kappa shape index (κ3) is 5.47. The number of nitrogens with two attached hydrogens (primary N) is 1. The third-order valence-corrected chi connectivity index (χ3v) is 7.26. The van der Waals surface area contributed by atoms with Gasteiger partial charge < -0.3 is 21.1 Å². The van der Waals surface area contributed by atoms with Gasteiger partial charge in [-0.15, -0.1) is 0 Å². The van der Waals surface area contributed by atoms with Crippen molar-refractivity contribution < 1.29 is 9.53 Å². The van der Waals surface area contributed by atoms with Crippen LogP contribution in [-0.4, -0.2) is 44.8 Å². The van der Waals surface area contributed by atoms with Gasteiger partial charge in [0.2, 0.25) is 5.91 Å². The van der Waals surface area contributed by atoms with Gasteiger partial charge in [-0.3, -0.25) is 4.79 Å². The zero-order chi connectivity index (χ0) is 26.5. The molecule has 4 N–H and O–H groups in total. The van der Waals surface area contributed by atoms with Gasteiger partial charge in [0.05, 0.1) is 17.5 Å². The predicted molar refractivity (Wildman–Crippen MR) is 149 cm³/mol. The van der Waals surface area contributed by atoms with Crippen LogP contribution in [0.1, 0.15) is 51.5 Å². The lowest BCUT2D eigenvalue weighted by molar-refractivity contribution is -0.124. The lowest BCUT2D eigenvalue weighted by Gasteiger charge is -2.30. The average Bonchev–Trinajstić information content (AvgIpc) is 3.34. The van der Waals surface area contributed by atoms with Crippen LogP contribution in [0.15, 0.2) is 60.9 Å². The maximum absolute atomic E-state index is 12.7. The van der Waals surface area contributed by atoms with E-state index >= 15 is 0 Å². The van der Waals surface area contributed by atoms with Crippen LogP contribution in [0.4, 0.5) is 5.82 Å². The van der Waals surface area contributed by atoms with Crippen molar-refractivity contribution in [1.29, 1.82) is 0 Å². The molecule has 1 atom stereocenters. The fourth-order valence-corrected chi connectivity index (χ4v) is 5.22. The van der Waals surface area contributed by atoms with Crippen LogP contribution < -0.4 is 21.1 Å². The lowest BCUT2D eigenvalue weighted by Crippen LogP contribution is -2.47. The predicted octanol–water partition coefficient (Wildman–Crippen LogP) is 4.86. The Morgan fingerprint density at radius 2 is 1.76 bits per heavy atom. The van der Waals surface area contributed by atoms with Crippen LogP contribution in [0.25, 0.3) is 22.3 Å². The Bertz CT molecular complexity index is 1360. The van der Waals surface area contributed by atoms with Crippen LogP contribution in [0.5, 0.6) is 11.5 Å². The minimum atomic E-state index is -0.139. The second kappa shape index (κ2) is 11.6. The Morgan fingerprint density at radius 1 is 1.05 bits per heavy atom. The maximum Gasteiger partial charge on any atom is 0.237 e. The number of para-hydroxylation sites is 1. The highest BCUT2D eigenvalue weighted by atomic mass is 16.5. The molecule has 0 bridgehead atoms. The van der Waals surface area contributed by atoms with E-state index < -0.39 is 0 Å². The molecule has 1 aliphatic rings. The van der Waals surface area contributed by atoms with Crippen LogP contribution in [0.3, 0.4) is 0 Å². The molecule has 38 heavy (non-hydrogen) atoms. The largest absolute Gasteiger partial charge is 0.457 e. The molecule has 4 aromatic rings. The number of fused-ring (bicyclic) bond motifs is 1. The van der Waals surface area contributed by atoms with Crippen molar-refractivity contribution in [1.82, 2.24) is 30.4 Å². The summed E-state index contributed by atoms with van der Waals surface area (Å²) in [5, 5.41) is 12.1. The molecule has 1 unspecified atom stereocenters. The summed E-state index contributed by atoms with van der Waals surface area (Å²) in [6.07, 6.45) is 6.87. The molecule has 2 aromatic heterocycles.